The molecule has 0 saturated carbocycles. The van der Waals surface area contributed by atoms with Crippen LogP contribution in [0.5, 0.6) is 0 Å². The zero-order valence-electron chi connectivity index (χ0n) is 12.3. The molecule has 0 bridgehead atoms. The van der Waals surface area contributed by atoms with Crippen LogP contribution in [-0.4, -0.2) is 5.91 Å². The van der Waals surface area contributed by atoms with Crippen molar-refractivity contribution in [2.24, 2.45) is 0 Å². The van der Waals surface area contributed by atoms with Crippen LogP contribution in [0.4, 0.5) is 4.39 Å². The first kappa shape index (κ1) is 16.1. The highest BCUT2D eigenvalue weighted by molar-refractivity contribution is 6.31. The third-order valence-corrected chi connectivity index (χ3v) is 3.49. The first-order chi connectivity index (χ1) is 10.4. The Balaban J connectivity index is 2.16. The minimum absolute atomic E-state index is 0.369. The normalized spacial score (nSPS) is 10.5. The Bertz CT molecular complexity index is 759. The van der Waals surface area contributed by atoms with Gasteiger partial charge in [-0.3, -0.25) is 4.79 Å². The minimum atomic E-state index is -0.864. The molecule has 0 aliphatic heterocycles. The van der Waals surface area contributed by atoms with Gasteiger partial charge in [-0.05, 0) is 32.0 Å². The Morgan fingerprint density at radius 3 is 2.45 bits per heavy atom. The van der Waals surface area contributed by atoms with Crippen LogP contribution in [-0.2, 0) is 10.3 Å². The number of hydrogen-bond donors (Lipinski definition) is 1. The van der Waals surface area contributed by atoms with E-state index in [1.807, 2.05) is 0 Å². The van der Waals surface area contributed by atoms with Gasteiger partial charge in [0.15, 0.2) is 0 Å². The molecule has 0 atom stereocenters. The van der Waals surface area contributed by atoms with Gasteiger partial charge in [0.25, 0.3) is 5.91 Å². The SMILES string of the molecule is CC(C)(NC(=O)C#Cc1ccccc1Cl)c1ccccc1F. The molecule has 1 N–H and O–H groups in total. The molecule has 4 heteroatoms. The Kier molecular flexibility index (Phi) is 4.85. The van der Waals surface area contributed by atoms with Crippen LogP contribution in [0.25, 0.3) is 0 Å². The van der Waals surface area contributed by atoms with Crippen molar-refractivity contribution in [3.63, 3.8) is 0 Å². The lowest BCUT2D eigenvalue weighted by Crippen LogP contribution is -2.41. The summed E-state index contributed by atoms with van der Waals surface area (Å²) in [5.41, 5.74) is 0.114. The second kappa shape index (κ2) is 6.64. The molecule has 0 fully saturated rings. The number of carbonyl (C=O) groups is 1. The largest absolute Gasteiger partial charge is 0.336 e. The second-order valence-corrected chi connectivity index (χ2v) is 5.70. The fraction of sp³-hybridized carbons (Fsp3) is 0.167. The summed E-state index contributed by atoms with van der Waals surface area (Å²) in [7, 11) is 0. The summed E-state index contributed by atoms with van der Waals surface area (Å²) >= 11 is 5.97. The molecule has 1 amide bonds. The number of rotatable bonds is 2. The van der Waals surface area contributed by atoms with E-state index >= 15 is 0 Å². The summed E-state index contributed by atoms with van der Waals surface area (Å²) in [6.07, 6.45) is 0. The Hall–Kier alpha value is -2.31. The molecule has 0 aromatic heterocycles. The van der Waals surface area contributed by atoms with E-state index in [0.29, 0.717) is 16.1 Å². The molecule has 0 radical (unpaired) electrons. The van der Waals surface area contributed by atoms with Crippen LogP contribution in [0, 0.1) is 17.7 Å². The summed E-state index contributed by atoms with van der Waals surface area (Å²) in [5, 5.41) is 3.19. The minimum Gasteiger partial charge on any atom is -0.336 e. The van der Waals surface area contributed by atoms with Gasteiger partial charge in [0, 0.05) is 17.0 Å². The van der Waals surface area contributed by atoms with Gasteiger partial charge in [-0.1, -0.05) is 47.9 Å². The topological polar surface area (TPSA) is 29.1 Å². The number of carbonyl (C=O) groups excluding carboxylic acids is 1. The van der Waals surface area contributed by atoms with Crippen molar-refractivity contribution in [1.29, 1.82) is 0 Å². The van der Waals surface area contributed by atoms with E-state index in [0.717, 1.165) is 0 Å². The van der Waals surface area contributed by atoms with Crippen molar-refractivity contribution in [2.75, 3.05) is 0 Å². The molecule has 112 valence electrons. The number of hydrogen-bond acceptors (Lipinski definition) is 1. The smallest absolute Gasteiger partial charge is 0.296 e. The maximum absolute atomic E-state index is 13.8. The molecular weight excluding hydrogens is 301 g/mol. The van der Waals surface area contributed by atoms with Crippen LogP contribution < -0.4 is 5.32 Å². The summed E-state index contributed by atoms with van der Waals surface area (Å²) < 4.78 is 13.8. The first-order valence-corrected chi connectivity index (χ1v) is 7.11. The van der Waals surface area contributed by atoms with Gasteiger partial charge in [0.1, 0.15) is 5.82 Å². The lowest BCUT2D eigenvalue weighted by Gasteiger charge is -2.26. The number of benzene rings is 2. The highest BCUT2D eigenvalue weighted by Gasteiger charge is 2.25. The third-order valence-electron chi connectivity index (χ3n) is 3.16. The zero-order chi connectivity index (χ0) is 16.2. The zero-order valence-corrected chi connectivity index (χ0v) is 13.0. The first-order valence-electron chi connectivity index (χ1n) is 6.74. The molecule has 0 heterocycles. The fourth-order valence-corrected chi connectivity index (χ4v) is 2.22. The van der Waals surface area contributed by atoms with Gasteiger partial charge in [-0.25, -0.2) is 4.39 Å². The van der Waals surface area contributed by atoms with Gasteiger partial charge < -0.3 is 5.32 Å². The highest BCUT2D eigenvalue weighted by Crippen LogP contribution is 2.22. The van der Waals surface area contributed by atoms with Gasteiger partial charge in [-0.2, -0.15) is 0 Å². The standard InChI is InChI=1S/C18H15ClFNO/c1-18(2,14-8-4-6-10-16(14)20)21-17(22)12-11-13-7-3-5-9-15(13)19/h3-10H,1-2H3,(H,21,22). The monoisotopic (exact) mass is 315 g/mol. The lowest BCUT2D eigenvalue weighted by atomic mass is 9.93. The van der Waals surface area contributed by atoms with Crippen LogP contribution in [0.3, 0.4) is 0 Å². The van der Waals surface area contributed by atoms with E-state index < -0.39 is 11.4 Å². The van der Waals surface area contributed by atoms with Crippen molar-refractivity contribution in [3.8, 4) is 11.8 Å². The van der Waals surface area contributed by atoms with Crippen molar-refractivity contribution < 1.29 is 9.18 Å². The van der Waals surface area contributed by atoms with Crippen molar-refractivity contribution in [3.05, 3.63) is 70.5 Å². The van der Waals surface area contributed by atoms with Gasteiger partial charge in [0.05, 0.1) is 10.6 Å². The second-order valence-electron chi connectivity index (χ2n) is 5.29. The van der Waals surface area contributed by atoms with Gasteiger partial charge >= 0.3 is 0 Å². The Labute approximate surface area is 134 Å². The van der Waals surface area contributed by atoms with E-state index in [-0.39, 0.29) is 5.82 Å². The summed E-state index contributed by atoms with van der Waals surface area (Å²) in [6, 6.07) is 13.3. The summed E-state index contributed by atoms with van der Waals surface area (Å²) in [5.74, 6) is 4.33. The van der Waals surface area contributed by atoms with Crippen LogP contribution in [0.15, 0.2) is 48.5 Å². The maximum atomic E-state index is 13.8. The van der Waals surface area contributed by atoms with Crippen LogP contribution >= 0.6 is 11.6 Å². The quantitative estimate of drug-likeness (QED) is 0.837. The average molecular weight is 316 g/mol. The Morgan fingerprint density at radius 1 is 1.14 bits per heavy atom. The molecule has 2 rings (SSSR count). The van der Waals surface area contributed by atoms with Crippen molar-refractivity contribution in [1.82, 2.24) is 5.32 Å². The molecule has 0 unspecified atom stereocenters. The number of halogens is 2. The summed E-state index contributed by atoms with van der Waals surface area (Å²) in [6.45, 7) is 3.45. The van der Waals surface area contributed by atoms with E-state index in [4.69, 9.17) is 11.6 Å². The maximum Gasteiger partial charge on any atom is 0.296 e. The van der Waals surface area contributed by atoms with Gasteiger partial charge in [-0.15, -0.1) is 0 Å². The van der Waals surface area contributed by atoms with E-state index in [1.54, 1.807) is 56.3 Å². The molecule has 2 nitrogen and oxygen atoms in total. The third kappa shape index (κ3) is 3.87. The van der Waals surface area contributed by atoms with Crippen molar-refractivity contribution in [2.45, 2.75) is 19.4 Å². The molecule has 0 aliphatic rings. The van der Waals surface area contributed by atoms with E-state index in [1.165, 1.54) is 6.07 Å². The highest BCUT2D eigenvalue weighted by atomic mass is 35.5. The lowest BCUT2D eigenvalue weighted by molar-refractivity contribution is -0.117. The molecule has 0 spiro atoms. The Morgan fingerprint density at radius 2 is 1.77 bits per heavy atom. The van der Waals surface area contributed by atoms with Crippen LogP contribution in [0.1, 0.15) is 25.0 Å². The molecule has 0 saturated heterocycles. The van der Waals surface area contributed by atoms with E-state index in [9.17, 15) is 9.18 Å². The molecule has 2 aromatic rings. The number of amides is 1. The predicted octanol–water partition coefficient (Wildman–Crippen LogP) is 3.88. The predicted molar refractivity (Wildman–Crippen MR) is 85.9 cm³/mol. The molecular formula is C18H15ClFNO. The molecule has 22 heavy (non-hydrogen) atoms. The molecule has 0 aliphatic carbocycles. The van der Waals surface area contributed by atoms with Crippen LogP contribution in [0.2, 0.25) is 5.02 Å². The molecule has 2 aromatic carbocycles. The van der Waals surface area contributed by atoms with E-state index in [2.05, 4.69) is 17.2 Å². The average Bonchev–Trinajstić information content (AvgIpc) is 2.46. The van der Waals surface area contributed by atoms with Gasteiger partial charge in [0.2, 0.25) is 0 Å². The number of nitrogens with one attached hydrogen (secondary N) is 1. The fourth-order valence-electron chi connectivity index (χ4n) is 2.04. The summed E-state index contributed by atoms with van der Waals surface area (Å²) in [4.78, 5) is 12.0. The van der Waals surface area contributed by atoms with Crippen molar-refractivity contribution >= 4 is 17.5 Å².